The first kappa shape index (κ1) is 18.5. The van der Waals surface area contributed by atoms with Crippen LogP contribution in [0.5, 0.6) is 5.75 Å². The number of ether oxygens (including phenoxy) is 2. The Morgan fingerprint density at radius 3 is 2.26 bits per heavy atom. The van der Waals surface area contributed by atoms with E-state index < -0.39 is 46.3 Å². The van der Waals surface area contributed by atoms with Crippen LogP contribution in [0, 0.1) is 10.1 Å². The third-order valence-electron chi connectivity index (χ3n) is 2.48. The van der Waals surface area contributed by atoms with Crippen LogP contribution in [0.4, 0.5) is 32.0 Å². The maximum atomic E-state index is 13.1. The van der Waals surface area contributed by atoms with Gasteiger partial charge in [0, 0.05) is 6.07 Å². The van der Waals surface area contributed by atoms with Gasteiger partial charge in [0.05, 0.1) is 17.6 Å². The fraction of sp³-hybridized carbons (Fsp3) is 0.364. The second kappa shape index (κ2) is 6.30. The molecular weight excluding hydrogens is 340 g/mol. The number of rotatable bonds is 6. The molecule has 1 aromatic carbocycles. The second-order valence-corrected chi connectivity index (χ2v) is 3.97. The SMILES string of the molecule is COC(=O)c1ccc(OC(F)(F)C(F)(F)C(F)F)c([N+](=O)[O-])c1. The van der Waals surface area contributed by atoms with E-state index in [1.807, 2.05) is 0 Å². The first-order chi connectivity index (χ1) is 10.4. The molecule has 0 fully saturated rings. The van der Waals surface area contributed by atoms with Crippen molar-refractivity contribution in [3.63, 3.8) is 0 Å². The fourth-order valence-electron chi connectivity index (χ4n) is 1.32. The third-order valence-corrected chi connectivity index (χ3v) is 2.48. The summed E-state index contributed by atoms with van der Waals surface area (Å²) >= 11 is 0. The predicted octanol–water partition coefficient (Wildman–Crippen LogP) is 3.25. The highest BCUT2D eigenvalue weighted by Crippen LogP contribution is 2.42. The van der Waals surface area contributed by atoms with E-state index >= 15 is 0 Å². The molecule has 0 heterocycles. The summed E-state index contributed by atoms with van der Waals surface area (Å²) in [5.74, 6) is -8.39. The van der Waals surface area contributed by atoms with Crippen molar-refractivity contribution in [3.05, 3.63) is 33.9 Å². The van der Waals surface area contributed by atoms with Gasteiger partial charge in [-0.3, -0.25) is 10.1 Å². The minimum atomic E-state index is -5.89. The summed E-state index contributed by atoms with van der Waals surface area (Å²) in [6.07, 6.45) is -10.5. The van der Waals surface area contributed by atoms with Gasteiger partial charge in [0.1, 0.15) is 0 Å². The number of alkyl halides is 6. The molecule has 23 heavy (non-hydrogen) atoms. The van der Waals surface area contributed by atoms with Gasteiger partial charge < -0.3 is 9.47 Å². The van der Waals surface area contributed by atoms with Crippen LogP contribution in [0.2, 0.25) is 0 Å². The van der Waals surface area contributed by atoms with E-state index in [-0.39, 0.29) is 0 Å². The highest BCUT2D eigenvalue weighted by atomic mass is 19.3. The minimum absolute atomic E-state index is 0.389. The summed E-state index contributed by atoms with van der Waals surface area (Å²) in [5.41, 5.74) is -1.77. The summed E-state index contributed by atoms with van der Waals surface area (Å²) in [6.45, 7) is 0. The van der Waals surface area contributed by atoms with Crippen LogP contribution in [0.1, 0.15) is 10.4 Å². The Morgan fingerprint density at radius 1 is 1.26 bits per heavy atom. The second-order valence-electron chi connectivity index (χ2n) is 3.97. The zero-order valence-corrected chi connectivity index (χ0v) is 11.1. The molecule has 0 aliphatic carbocycles. The number of benzene rings is 1. The number of methoxy groups -OCH3 is 1. The van der Waals surface area contributed by atoms with Crippen LogP contribution in [0.15, 0.2) is 18.2 Å². The standard InChI is InChI=1S/C11H7F6NO5/c1-22-8(19)5-2-3-7(6(4-5)18(20)21)23-11(16,17)10(14,15)9(12)13/h2-4,9H,1H3. The molecule has 0 amide bonds. The summed E-state index contributed by atoms with van der Waals surface area (Å²) in [6, 6.07) is 1.50. The molecule has 6 nitrogen and oxygen atoms in total. The van der Waals surface area contributed by atoms with E-state index in [0.717, 1.165) is 7.11 Å². The fourth-order valence-corrected chi connectivity index (χ4v) is 1.32. The number of carbonyl (C=O) groups is 1. The van der Waals surface area contributed by atoms with Crippen LogP contribution >= 0.6 is 0 Å². The van der Waals surface area contributed by atoms with Gasteiger partial charge in [-0.25, -0.2) is 13.6 Å². The summed E-state index contributed by atoms with van der Waals surface area (Å²) in [4.78, 5) is 20.6. The van der Waals surface area contributed by atoms with Gasteiger partial charge in [-0.15, -0.1) is 0 Å². The van der Waals surface area contributed by atoms with Crippen LogP contribution in [-0.2, 0) is 4.74 Å². The first-order valence-electron chi connectivity index (χ1n) is 5.53. The zero-order valence-electron chi connectivity index (χ0n) is 11.1. The van der Waals surface area contributed by atoms with E-state index in [2.05, 4.69) is 9.47 Å². The number of carbonyl (C=O) groups excluding carboxylic acids is 1. The van der Waals surface area contributed by atoms with Gasteiger partial charge in [0.25, 0.3) is 0 Å². The maximum Gasteiger partial charge on any atom is 0.470 e. The molecule has 0 N–H and O–H groups in total. The predicted molar refractivity (Wildman–Crippen MR) is 61.0 cm³/mol. The van der Waals surface area contributed by atoms with Gasteiger partial charge in [-0.2, -0.15) is 17.6 Å². The van der Waals surface area contributed by atoms with E-state index in [1.54, 1.807) is 0 Å². The Balaban J connectivity index is 3.28. The molecule has 12 heteroatoms. The van der Waals surface area contributed by atoms with Crippen molar-refractivity contribution in [2.24, 2.45) is 0 Å². The van der Waals surface area contributed by atoms with Gasteiger partial charge in [-0.1, -0.05) is 0 Å². The normalized spacial score (nSPS) is 12.2. The van der Waals surface area contributed by atoms with Crippen molar-refractivity contribution in [2.75, 3.05) is 7.11 Å². The molecule has 128 valence electrons. The number of hydrogen-bond acceptors (Lipinski definition) is 5. The van der Waals surface area contributed by atoms with Crippen molar-refractivity contribution in [3.8, 4) is 5.75 Å². The van der Waals surface area contributed by atoms with Crippen LogP contribution in [-0.4, -0.2) is 36.5 Å². The lowest BCUT2D eigenvalue weighted by Crippen LogP contribution is -2.50. The Kier molecular flexibility index (Phi) is 5.07. The lowest BCUT2D eigenvalue weighted by molar-refractivity contribution is -0.390. The van der Waals surface area contributed by atoms with Crippen molar-refractivity contribution in [1.29, 1.82) is 0 Å². The Hall–Kier alpha value is -2.53. The highest BCUT2D eigenvalue weighted by Gasteiger charge is 2.66. The summed E-state index contributed by atoms with van der Waals surface area (Å²) < 4.78 is 83.4. The molecule has 0 aliphatic rings. The summed E-state index contributed by atoms with van der Waals surface area (Å²) in [7, 11) is 0.927. The molecule has 0 saturated heterocycles. The average Bonchev–Trinajstić information content (AvgIpc) is 2.45. The van der Waals surface area contributed by atoms with Crippen molar-refractivity contribution in [1.82, 2.24) is 0 Å². The molecule has 1 rings (SSSR count). The number of esters is 1. The Labute approximate surface area is 123 Å². The number of halogens is 6. The van der Waals surface area contributed by atoms with E-state index in [1.165, 1.54) is 0 Å². The van der Waals surface area contributed by atoms with Gasteiger partial charge in [0.15, 0.2) is 0 Å². The number of nitro benzene ring substituents is 1. The molecule has 0 saturated carbocycles. The van der Waals surface area contributed by atoms with Gasteiger partial charge in [-0.05, 0) is 12.1 Å². The van der Waals surface area contributed by atoms with Crippen LogP contribution < -0.4 is 4.74 Å². The lowest BCUT2D eigenvalue weighted by atomic mass is 10.2. The third kappa shape index (κ3) is 3.63. The van der Waals surface area contributed by atoms with Crippen molar-refractivity contribution >= 4 is 11.7 Å². The summed E-state index contributed by atoms with van der Waals surface area (Å²) in [5, 5.41) is 10.7. The molecule has 0 spiro atoms. The number of nitro groups is 1. The molecule has 0 unspecified atom stereocenters. The molecule has 1 aromatic rings. The lowest BCUT2D eigenvalue weighted by Gasteiger charge is -2.25. The van der Waals surface area contributed by atoms with Crippen LogP contribution in [0.3, 0.4) is 0 Å². The average molecular weight is 347 g/mol. The minimum Gasteiger partial charge on any atom is -0.465 e. The maximum absolute atomic E-state index is 13.1. The Bertz CT molecular complexity index is 621. The highest BCUT2D eigenvalue weighted by molar-refractivity contribution is 5.90. The van der Waals surface area contributed by atoms with Gasteiger partial charge in [0.2, 0.25) is 5.75 Å². The molecular formula is C11H7F6NO5. The smallest absolute Gasteiger partial charge is 0.465 e. The van der Waals surface area contributed by atoms with E-state index in [0.29, 0.717) is 18.2 Å². The van der Waals surface area contributed by atoms with E-state index in [9.17, 15) is 41.3 Å². The van der Waals surface area contributed by atoms with E-state index in [4.69, 9.17) is 0 Å². The van der Waals surface area contributed by atoms with Gasteiger partial charge >= 0.3 is 30.1 Å². The quantitative estimate of drug-likeness (QED) is 0.342. The van der Waals surface area contributed by atoms with Crippen molar-refractivity contribution < 1.29 is 45.5 Å². The van der Waals surface area contributed by atoms with Crippen LogP contribution in [0.25, 0.3) is 0 Å². The first-order valence-corrected chi connectivity index (χ1v) is 5.53. The molecule has 0 aliphatic heterocycles. The number of nitrogens with zero attached hydrogens (tertiary/aromatic N) is 1. The zero-order chi connectivity index (χ0) is 18.0. The van der Waals surface area contributed by atoms with Crippen molar-refractivity contribution in [2.45, 2.75) is 18.5 Å². The molecule has 0 atom stereocenters. The largest absolute Gasteiger partial charge is 0.470 e. The monoisotopic (exact) mass is 347 g/mol. The topological polar surface area (TPSA) is 78.7 Å². The molecule has 0 radical (unpaired) electrons. The molecule has 0 bridgehead atoms. The number of hydrogen-bond donors (Lipinski definition) is 0. The Morgan fingerprint density at radius 2 is 1.83 bits per heavy atom. The molecule has 0 aromatic heterocycles.